The van der Waals surface area contributed by atoms with E-state index in [0.717, 1.165) is 14.8 Å². The van der Waals surface area contributed by atoms with Gasteiger partial charge >= 0.3 is 6.09 Å². The van der Waals surface area contributed by atoms with E-state index in [1.165, 1.54) is 11.3 Å². The molecule has 4 nitrogen and oxygen atoms in total. The van der Waals surface area contributed by atoms with E-state index in [1.807, 2.05) is 12.1 Å². The molecule has 0 aliphatic carbocycles. The molecule has 0 aliphatic heterocycles. The number of nitrogens with zero attached hydrogens (tertiary/aromatic N) is 1. The van der Waals surface area contributed by atoms with Crippen LogP contribution in [0.2, 0.25) is 4.34 Å². The molecule has 6 heteroatoms. The molecule has 17 heavy (non-hydrogen) atoms. The quantitative estimate of drug-likeness (QED) is 0.498. The van der Waals surface area contributed by atoms with Crippen LogP contribution in [0, 0.1) is 0 Å². The molecule has 0 fully saturated rings. The maximum atomic E-state index is 10.6. The van der Waals surface area contributed by atoms with Gasteiger partial charge in [0.15, 0.2) is 0 Å². The first kappa shape index (κ1) is 11.9. The highest BCUT2D eigenvalue weighted by Gasteiger charge is 2.09. The molecule has 1 amide bonds. The summed E-state index contributed by atoms with van der Waals surface area (Å²) in [6.07, 6.45) is -1.20. The van der Waals surface area contributed by atoms with Gasteiger partial charge in [0.1, 0.15) is 0 Å². The number of anilines is 1. The number of halogens is 1. The fraction of sp³-hybridized carbons (Fsp3) is 0. The molecule has 0 radical (unpaired) electrons. The van der Waals surface area contributed by atoms with Gasteiger partial charge in [-0.3, -0.25) is 0 Å². The van der Waals surface area contributed by atoms with Crippen LogP contribution in [-0.2, 0) is 0 Å². The Hall–Kier alpha value is -1.56. The molecule has 2 aromatic rings. The molecule has 0 unspecified atom stereocenters. The van der Waals surface area contributed by atoms with Crippen LogP contribution in [0.1, 0.15) is 0 Å². The van der Waals surface area contributed by atoms with Crippen molar-refractivity contribution in [3.05, 3.63) is 40.7 Å². The summed E-state index contributed by atoms with van der Waals surface area (Å²) in [4.78, 5) is 11.7. The Morgan fingerprint density at radius 2 is 1.88 bits per heavy atom. The maximum Gasteiger partial charge on any atom is 0.426 e. The zero-order valence-corrected chi connectivity index (χ0v) is 10.2. The number of carbonyl (C=O) groups is 1. The van der Waals surface area contributed by atoms with Crippen LogP contribution in [0.15, 0.2) is 36.4 Å². The second-order valence-corrected chi connectivity index (χ2v) is 5.02. The zero-order valence-electron chi connectivity index (χ0n) is 8.63. The summed E-state index contributed by atoms with van der Waals surface area (Å²) in [5.41, 5.74) is 1.40. The van der Waals surface area contributed by atoms with Crippen molar-refractivity contribution >= 4 is 34.7 Å². The van der Waals surface area contributed by atoms with Crippen LogP contribution < -0.4 is 10.9 Å². The Morgan fingerprint density at radius 1 is 1.24 bits per heavy atom. The van der Waals surface area contributed by atoms with Gasteiger partial charge in [-0.15, -0.1) is 11.3 Å². The second kappa shape index (κ2) is 4.75. The van der Waals surface area contributed by atoms with Gasteiger partial charge in [0, 0.05) is 4.88 Å². The van der Waals surface area contributed by atoms with Crippen molar-refractivity contribution in [2.75, 3.05) is 5.01 Å². The summed E-state index contributed by atoms with van der Waals surface area (Å²) < 4.78 is 0.718. The van der Waals surface area contributed by atoms with E-state index in [-0.39, 0.29) is 0 Å². The number of hydrogen-bond acceptors (Lipinski definition) is 3. The van der Waals surface area contributed by atoms with Gasteiger partial charge in [-0.25, -0.2) is 15.6 Å². The highest BCUT2D eigenvalue weighted by molar-refractivity contribution is 7.19. The molecule has 2 rings (SSSR count). The minimum atomic E-state index is -1.20. The van der Waals surface area contributed by atoms with Crippen LogP contribution in [-0.4, -0.2) is 11.2 Å². The van der Waals surface area contributed by atoms with Gasteiger partial charge in [-0.2, -0.15) is 0 Å². The van der Waals surface area contributed by atoms with E-state index in [2.05, 4.69) is 0 Å². The lowest BCUT2D eigenvalue weighted by atomic mass is 10.2. The molecule has 0 saturated heterocycles. The number of amides is 1. The number of nitrogens with two attached hydrogens (primary N) is 1. The van der Waals surface area contributed by atoms with Gasteiger partial charge in [0.05, 0.1) is 10.0 Å². The predicted octanol–water partition coefficient (Wildman–Crippen LogP) is 3.43. The van der Waals surface area contributed by atoms with Crippen molar-refractivity contribution in [3.8, 4) is 10.4 Å². The molecule has 1 heterocycles. The molecule has 0 spiro atoms. The number of hydrogen-bond donors (Lipinski definition) is 2. The van der Waals surface area contributed by atoms with Crippen molar-refractivity contribution in [1.29, 1.82) is 0 Å². The third-order valence-electron chi connectivity index (χ3n) is 2.21. The number of benzene rings is 1. The molecule has 0 atom stereocenters. The highest BCUT2D eigenvalue weighted by Crippen LogP contribution is 2.31. The zero-order chi connectivity index (χ0) is 12.4. The minimum absolute atomic E-state index is 0.420. The van der Waals surface area contributed by atoms with E-state index in [4.69, 9.17) is 22.6 Å². The SMILES string of the molecule is NN(C(=O)O)c1ccc(-c2ccc(Cl)s2)cc1. The first-order valence-electron chi connectivity index (χ1n) is 4.71. The number of carboxylic acid groups (broad SMARTS) is 1. The average molecular weight is 269 g/mol. The highest BCUT2D eigenvalue weighted by atomic mass is 35.5. The molecular formula is C11H9ClN2O2S. The van der Waals surface area contributed by atoms with Crippen LogP contribution in [0.4, 0.5) is 10.5 Å². The third kappa shape index (κ3) is 2.58. The number of hydrazine groups is 1. The molecule has 0 aliphatic rings. The average Bonchev–Trinajstić information content (AvgIpc) is 2.75. The molecule has 88 valence electrons. The Kier molecular flexibility index (Phi) is 3.33. The first-order valence-corrected chi connectivity index (χ1v) is 5.91. The largest absolute Gasteiger partial charge is 0.464 e. The summed E-state index contributed by atoms with van der Waals surface area (Å²) in [7, 11) is 0. The van der Waals surface area contributed by atoms with E-state index < -0.39 is 6.09 Å². The smallest absolute Gasteiger partial charge is 0.426 e. The molecule has 1 aromatic carbocycles. The summed E-state index contributed by atoms with van der Waals surface area (Å²) in [5, 5.41) is 9.38. The Balaban J connectivity index is 2.27. The lowest BCUT2D eigenvalue weighted by Gasteiger charge is -2.12. The molecular weight excluding hydrogens is 260 g/mol. The first-order chi connectivity index (χ1) is 8.08. The van der Waals surface area contributed by atoms with Crippen molar-refractivity contribution < 1.29 is 9.90 Å². The van der Waals surface area contributed by atoms with E-state index in [0.29, 0.717) is 10.7 Å². The molecule has 0 saturated carbocycles. The van der Waals surface area contributed by atoms with Gasteiger partial charge in [-0.05, 0) is 29.8 Å². The Bertz CT molecular complexity index is 539. The van der Waals surface area contributed by atoms with E-state index in [9.17, 15) is 4.79 Å². The number of thiophene rings is 1. The normalized spacial score (nSPS) is 10.2. The van der Waals surface area contributed by atoms with Crippen LogP contribution in [0.25, 0.3) is 10.4 Å². The lowest BCUT2D eigenvalue weighted by molar-refractivity contribution is 0.202. The van der Waals surface area contributed by atoms with Crippen molar-refractivity contribution in [1.82, 2.24) is 0 Å². The van der Waals surface area contributed by atoms with Crippen LogP contribution in [0.3, 0.4) is 0 Å². The maximum absolute atomic E-state index is 10.6. The van der Waals surface area contributed by atoms with E-state index >= 15 is 0 Å². The molecule has 0 bridgehead atoms. The van der Waals surface area contributed by atoms with Crippen LogP contribution in [0.5, 0.6) is 0 Å². The Labute approximate surface area is 107 Å². The summed E-state index contributed by atoms with van der Waals surface area (Å²) in [6.45, 7) is 0. The van der Waals surface area contributed by atoms with Gasteiger partial charge in [-0.1, -0.05) is 23.7 Å². The second-order valence-electron chi connectivity index (χ2n) is 3.30. The van der Waals surface area contributed by atoms with Gasteiger partial charge < -0.3 is 5.11 Å². The molecule has 3 N–H and O–H groups in total. The Morgan fingerprint density at radius 3 is 2.35 bits per heavy atom. The summed E-state index contributed by atoms with van der Waals surface area (Å²) >= 11 is 7.31. The minimum Gasteiger partial charge on any atom is -0.464 e. The fourth-order valence-electron chi connectivity index (χ4n) is 1.37. The lowest BCUT2D eigenvalue weighted by Crippen LogP contribution is -2.35. The summed E-state index contributed by atoms with van der Waals surface area (Å²) in [5.74, 6) is 5.35. The standard InChI is InChI=1S/C11H9ClN2O2S/c12-10-6-5-9(17-10)7-1-3-8(4-2-7)14(13)11(15)16/h1-6H,13H2,(H,15,16). The number of rotatable bonds is 2. The van der Waals surface area contributed by atoms with E-state index in [1.54, 1.807) is 24.3 Å². The van der Waals surface area contributed by atoms with Gasteiger partial charge in [0.2, 0.25) is 0 Å². The van der Waals surface area contributed by atoms with Crippen LogP contribution >= 0.6 is 22.9 Å². The monoisotopic (exact) mass is 268 g/mol. The van der Waals surface area contributed by atoms with Crippen molar-refractivity contribution in [2.24, 2.45) is 5.84 Å². The van der Waals surface area contributed by atoms with Crippen molar-refractivity contribution in [3.63, 3.8) is 0 Å². The predicted molar refractivity (Wildman–Crippen MR) is 69.5 cm³/mol. The topological polar surface area (TPSA) is 66.6 Å². The summed E-state index contributed by atoms with van der Waals surface area (Å²) in [6, 6.07) is 10.6. The molecule has 1 aromatic heterocycles. The van der Waals surface area contributed by atoms with Gasteiger partial charge in [0.25, 0.3) is 0 Å². The third-order valence-corrected chi connectivity index (χ3v) is 3.49. The van der Waals surface area contributed by atoms with Crippen molar-refractivity contribution in [2.45, 2.75) is 0 Å². The fourth-order valence-corrected chi connectivity index (χ4v) is 2.41.